The van der Waals surface area contributed by atoms with E-state index in [1.54, 1.807) is 19.1 Å². The van der Waals surface area contributed by atoms with E-state index in [0.717, 1.165) is 28.0 Å². The van der Waals surface area contributed by atoms with Crippen molar-refractivity contribution in [3.63, 3.8) is 0 Å². The molecule has 2 unspecified atom stereocenters. The number of likely N-dealkylation sites (N-methyl/N-ethyl adjacent to an activating group) is 2. The molecule has 2 aliphatic rings. The van der Waals surface area contributed by atoms with Gasteiger partial charge in [0.1, 0.15) is 11.9 Å². The van der Waals surface area contributed by atoms with Gasteiger partial charge in [-0.2, -0.15) is 0 Å². The Hall–Kier alpha value is -3.88. The zero-order valence-corrected chi connectivity index (χ0v) is 19.3. The average Bonchev–Trinajstić information content (AvgIpc) is 3.38. The van der Waals surface area contributed by atoms with Crippen molar-refractivity contribution in [1.29, 1.82) is 0 Å². The Kier molecular flexibility index (Phi) is 4.84. The van der Waals surface area contributed by atoms with Gasteiger partial charge in [-0.05, 0) is 49.2 Å². The molecule has 5 rings (SSSR count). The van der Waals surface area contributed by atoms with Gasteiger partial charge in [-0.25, -0.2) is 4.79 Å². The van der Waals surface area contributed by atoms with Crippen LogP contribution < -0.4 is 9.64 Å². The summed E-state index contributed by atoms with van der Waals surface area (Å²) in [7, 11) is 4.85. The van der Waals surface area contributed by atoms with E-state index in [9.17, 15) is 9.59 Å². The number of aryl methyl sites for hydroxylation is 2. The fourth-order valence-corrected chi connectivity index (χ4v) is 4.70. The first-order chi connectivity index (χ1) is 15.8. The molecule has 2 atom stereocenters. The van der Waals surface area contributed by atoms with Crippen LogP contribution in [0.25, 0.3) is 11.4 Å². The molecule has 3 heterocycles. The number of hydrogen-bond donors (Lipinski definition) is 0. The quantitative estimate of drug-likeness (QED) is 0.613. The highest BCUT2D eigenvalue weighted by Crippen LogP contribution is 2.43. The molecule has 1 saturated heterocycles. The maximum absolute atomic E-state index is 13.4. The zero-order chi connectivity index (χ0) is 23.4. The van der Waals surface area contributed by atoms with Crippen molar-refractivity contribution in [3.05, 3.63) is 59.2 Å². The first kappa shape index (κ1) is 21.0. The summed E-state index contributed by atoms with van der Waals surface area (Å²) in [5.74, 6) is 1.65. The third-order valence-electron chi connectivity index (χ3n) is 6.58. The Labute approximate surface area is 192 Å². The van der Waals surface area contributed by atoms with Crippen molar-refractivity contribution in [2.45, 2.75) is 32.6 Å². The van der Waals surface area contributed by atoms with E-state index in [1.165, 1.54) is 11.9 Å². The predicted octanol–water partition coefficient (Wildman–Crippen LogP) is 2.98. The van der Waals surface area contributed by atoms with Crippen molar-refractivity contribution >= 4 is 17.9 Å². The molecular weight excluding hydrogens is 420 g/mol. The standard InChI is InChI=1S/C24H26N6O3/c1-14-6-7-15(2)17(12-14)13-29-19-21(27(3)24(32)28(4)22(19)31)30-20(25-26-23(29)30)16-8-10-18(33-5)11-9-16/h6-12,19,21H,13H2,1-5H3. The molecule has 1 aromatic heterocycles. The Morgan fingerprint density at radius 1 is 1.00 bits per heavy atom. The third-order valence-corrected chi connectivity index (χ3v) is 6.58. The number of methoxy groups -OCH3 is 1. The summed E-state index contributed by atoms with van der Waals surface area (Å²) >= 11 is 0. The number of benzene rings is 2. The summed E-state index contributed by atoms with van der Waals surface area (Å²) in [6, 6.07) is 12.8. The second-order valence-corrected chi connectivity index (χ2v) is 8.63. The van der Waals surface area contributed by atoms with E-state index < -0.39 is 12.2 Å². The third kappa shape index (κ3) is 3.14. The topological polar surface area (TPSA) is 83.8 Å². The lowest BCUT2D eigenvalue weighted by Crippen LogP contribution is -2.61. The maximum atomic E-state index is 13.4. The maximum Gasteiger partial charge on any atom is 0.327 e. The number of urea groups is 1. The Balaban J connectivity index is 1.65. The summed E-state index contributed by atoms with van der Waals surface area (Å²) in [5, 5.41) is 8.95. The van der Waals surface area contributed by atoms with Crippen molar-refractivity contribution in [2.24, 2.45) is 0 Å². The number of amides is 3. The normalized spacial score (nSPS) is 19.7. The molecule has 9 heteroatoms. The summed E-state index contributed by atoms with van der Waals surface area (Å²) in [6.45, 7) is 4.59. The summed E-state index contributed by atoms with van der Waals surface area (Å²) in [4.78, 5) is 31.0. The number of hydrogen-bond acceptors (Lipinski definition) is 6. The number of fused-ring (bicyclic) bond motifs is 3. The lowest BCUT2D eigenvalue weighted by Gasteiger charge is -2.40. The van der Waals surface area contributed by atoms with Gasteiger partial charge in [-0.3, -0.25) is 14.3 Å². The smallest absolute Gasteiger partial charge is 0.327 e. The summed E-state index contributed by atoms with van der Waals surface area (Å²) in [6.07, 6.45) is -0.548. The van der Waals surface area contributed by atoms with Crippen molar-refractivity contribution in [2.75, 3.05) is 26.1 Å². The van der Waals surface area contributed by atoms with Gasteiger partial charge in [0, 0.05) is 26.2 Å². The predicted molar refractivity (Wildman–Crippen MR) is 123 cm³/mol. The molecule has 1 fully saturated rings. The number of carbonyl (C=O) groups is 2. The molecule has 0 radical (unpaired) electrons. The SMILES string of the molecule is COc1ccc(-c2nnc3n2C2C(C(=O)N(C)C(=O)N2C)N3Cc2cc(C)ccc2C)cc1. The largest absolute Gasteiger partial charge is 0.497 e. The molecule has 0 aliphatic carbocycles. The number of ether oxygens (including phenoxy) is 1. The molecule has 9 nitrogen and oxygen atoms in total. The van der Waals surface area contributed by atoms with Gasteiger partial charge in [0.05, 0.1) is 7.11 Å². The fraction of sp³-hybridized carbons (Fsp3) is 0.333. The first-order valence-electron chi connectivity index (χ1n) is 10.8. The van der Waals surface area contributed by atoms with Crippen LogP contribution in [0, 0.1) is 13.8 Å². The molecule has 0 spiro atoms. The van der Waals surface area contributed by atoms with E-state index in [1.807, 2.05) is 40.7 Å². The Morgan fingerprint density at radius 2 is 1.73 bits per heavy atom. The van der Waals surface area contributed by atoms with E-state index in [2.05, 4.69) is 35.3 Å². The lowest BCUT2D eigenvalue weighted by atomic mass is 10.0. The van der Waals surface area contributed by atoms with Crippen LogP contribution in [0.15, 0.2) is 42.5 Å². The van der Waals surface area contributed by atoms with Crippen molar-refractivity contribution in [1.82, 2.24) is 24.6 Å². The molecule has 2 aromatic carbocycles. The molecule has 3 aromatic rings. The number of anilines is 1. The van der Waals surface area contributed by atoms with Gasteiger partial charge in [-0.1, -0.05) is 23.8 Å². The number of carbonyl (C=O) groups excluding carboxylic acids is 2. The summed E-state index contributed by atoms with van der Waals surface area (Å²) < 4.78 is 7.18. The highest BCUT2D eigenvalue weighted by Gasteiger charge is 2.54. The molecule has 33 heavy (non-hydrogen) atoms. The minimum Gasteiger partial charge on any atom is -0.497 e. The number of nitrogens with zero attached hydrogens (tertiary/aromatic N) is 6. The fourth-order valence-electron chi connectivity index (χ4n) is 4.70. The zero-order valence-electron chi connectivity index (χ0n) is 19.3. The van der Waals surface area contributed by atoms with E-state index >= 15 is 0 Å². The number of aromatic nitrogens is 3. The van der Waals surface area contributed by atoms with Gasteiger partial charge in [0.2, 0.25) is 5.95 Å². The minimum absolute atomic E-state index is 0.250. The molecule has 0 N–H and O–H groups in total. The van der Waals surface area contributed by atoms with Gasteiger partial charge in [0.15, 0.2) is 11.9 Å². The van der Waals surface area contributed by atoms with Crippen LogP contribution in [-0.2, 0) is 11.3 Å². The molecule has 3 amide bonds. The number of imide groups is 1. The first-order valence-corrected chi connectivity index (χ1v) is 10.8. The van der Waals surface area contributed by atoms with Crippen LogP contribution in [0.3, 0.4) is 0 Å². The Morgan fingerprint density at radius 3 is 2.42 bits per heavy atom. The minimum atomic E-state index is -0.597. The Bertz CT molecular complexity index is 1250. The number of rotatable bonds is 4. The highest BCUT2D eigenvalue weighted by molar-refractivity contribution is 6.02. The van der Waals surface area contributed by atoms with Gasteiger partial charge in [0.25, 0.3) is 5.91 Å². The van der Waals surface area contributed by atoms with E-state index in [4.69, 9.17) is 4.74 Å². The van der Waals surface area contributed by atoms with Gasteiger partial charge in [-0.15, -0.1) is 10.2 Å². The van der Waals surface area contributed by atoms with Crippen LogP contribution in [0.4, 0.5) is 10.7 Å². The molecular formula is C24H26N6O3. The molecule has 0 bridgehead atoms. The molecule has 170 valence electrons. The molecule has 0 saturated carbocycles. The second-order valence-electron chi connectivity index (χ2n) is 8.63. The summed E-state index contributed by atoms with van der Waals surface area (Å²) in [5.41, 5.74) is 4.21. The van der Waals surface area contributed by atoms with Crippen LogP contribution in [0.5, 0.6) is 5.75 Å². The van der Waals surface area contributed by atoms with E-state index in [0.29, 0.717) is 18.3 Å². The van der Waals surface area contributed by atoms with Gasteiger partial charge >= 0.3 is 6.03 Å². The average molecular weight is 447 g/mol. The lowest BCUT2D eigenvalue weighted by molar-refractivity contribution is -0.133. The van der Waals surface area contributed by atoms with E-state index in [-0.39, 0.29) is 11.9 Å². The second kappa shape index (κ2) is 7.61. The monoisotopic (exact) mass is 446 g/mol. The van der Waals surface area contributed by atoms with Crippen LogP contribution >= 0.6 is 0 Å². The van der Waals surface area contributed by atoms with Crippen LogP contribution in [0.2, 0.25) is 0 Å². The van der Waals surface area contributed by atoms with Crippen molar-refractivity contribution in [3.8, 4) is 17.1 Å². The molecule has 2 aliphatic heterocycles. The highest BCUT2D eigenvalue weighted by atomic mass is 16.5. The van der Waals surface area contributed by atoms with Crippen LogP contribution in [0.1, 0.15) is 22.9 Å². The van der Waals surface area contributed by atoms with Crippen LogP contribution in [-0.4, -0.2) is 63.7 Å². The van der Waals surface area contributed by atoms with Gasteiger partial charge < -0.3 is 14.5 Å². The van der Waals surface area contributed by atoms with Crippen molar-refractivity contribution < 1.29 is 14.3 Å².